The predicted octanol–water partition coefficient (Wildman–Crippen LogP) is 1.34. The van der Waals surface area contributed by atoms with Gasteiger partial charge < -0.3 is 0 Å². The number of H-pyrrole nitrogens is 2. The highest BCUT2D eigenvalue weighted by Crippen LogP contribution is 2.26. The minimum atomic E-state index is -0.504. The molecule has 0 radical (unpaired) electrons. The SMILES string of the molecule is CC[C@H](C)c1csc(N(C)C(=O)c2n[nH]c(=O)[nH]2)n1. The minimum absolute atomic E-state index is 0.0206. The monoisotopic (exact) mass is 281 g/mol. The van der Waals surface area contributed by atoms with Gasteiger partial charge in [-0.2, -0.15) is 0 Å². The van der Waals surface area contributed by atoms with E-state index < -0.39 is 11.6 Å². The van der Waals surface area contributed by atoms with Crippen molar-refractivity contribution in [2.24, 2.45) is 0 Å². The van der Waals surface area contributed by atoms with E-state index in [2.05, 4.69) is 34.0 Å². The first-order valence-electron chi connectivity index (χ1n) is 5.91. The zero-order valence-electron chi connectivity index (χ0n) is 10.9. The lowest BCUT2D eigenvalue weighted by Gasteiger charge is -2.11. The highest BCUT2D eigenvalue weighted by molar-refractivity contribution is 7.14. The van der Waals surface area contributed by atoms with Gasteiger partial charge in [-0.3, -0.25) is 14.7 Å². The number of carbonyl (C=O) groups excluding carboxylic acids is 1. The number of thiazole rings is 1. The van der Waals surface area contributed by atoms with E-state index in [9.17, 15) is 9.59 Å². The van der Waals surface area contributed by atoms with Crippen LogP contribution in [0, 0.1) is 0 Å². The third kappa shape index (κ3) is 2.73. The number of aromatic amines is 2. The molecule has 0 aromatic carbocycles. The Labute approximate surface area is 113 Å². The Balaban J connectivity index is 2.19. The van der Waals surface area contributed by atoms with Crippen LogP contribution in [-0.4, -0.2) is 33.1 Å². The van der Waals surface area contributed by atoms with Crippen molar-refractivity contribution < 1.29 is 4.79 Å². The van der Waals surface area contributed by atoms with Gasteiger partial charge in [0.25, 0.3) is 5.91 Å². The number of nitrogens with zero attached hydrogens (tertiary/aromatic N) is 3. The summed E-state index contributed by atoms with van der Waals surface area (Å²) >= 11 is 1.40. The van der Waals surface area contributed by atoms with Crippen LogP contribution in [0.25, 0.3) is 0 Å². The number of anilines is 1. The number of amides is 1. The van der Waals surface area contributed by atoms with E-state index in [1.54, 1.807) is 7.05 Å². The average Bonchev–Trinajstić information content (AvgIpc) is 3.04. The zero-order valence-corrected chi connectivity index (χ0v) is 11.7. The normalized spacial score (nSPS) is 12.4. The molecule has 0 saturated carbocycles. The Kier molecular flexibility index (Phi) is 3.79. The summed E-state index contributed by atoms with van der Waals surface area (Å²) in [7, 11) is 1.61. The minimum Gasteiger partial charge on any atom is -0.285 e. The van der Waals surface area contributed by atoms with Crippen molar-refractivity contribution in [3.63, 3.8) is 0 Å². The third-order valence-electron chi connectivity index (χ3n) is 2.92. The fourth-order valence-electron chi connectivity index (χ4n) is 1.48. The van der Waals surface area contributed by atoms with Gasteiger partial charge in [0, 0.05) is 12.4 Å². The van der Waals surface area contributed by atoms with Crippen molar-refractivity contribution >= 4 is 22.4 Å². The summed E-state index contributed by atoms with van der Waals surface area (Å²) in [4.78, 5) is 31.1. The molecule has 1 amide bonds. The van der Waals surface area contributed by atoms with Gasteiger partial charge in [-0.25, -0.2) is 14.9 Å². The van der Waals surface area contributed by atoms with Gasteiger partial charge in [0.1, 0.15) is 0 Å². The van der Waals surface area contributed by atoms with Crippen LogP contribution in [0.3, 0.4) is 0 Å². The summed E-state index contributed by atoms with van der Waals surface area (Å²) in [6.07, 6.45) is 0.994. The highest BCUT2D eigenvalue weighted by Gasteiger charge is 2.20. The lowest BCUT2D eigenvalue weighted by atomic mass is 10.1. The van der Waals surface area contributed by atoms with Gasteiger partial charge in [0.05, 0.1) is 5.69 Å². The van der Waals surface area contributed by atoms with Crippen molar-refractivity contribution in [2.45, 2.75) is 26.2 Å². The highest BCUT2D eigenvalue weighted by atomic mass is 32.1. The molecule has 102 valence electrons. The van der Waals surface area contributed by atoms with E-state index >= 15 is 0 Å². The number of hydrogen-bond donors (Lipinski definition) is 2. The van der Waals surface area contributed by atoms with E-state index in [0.29, 0.717) is 11.0 Å². The van der Waals surface area contributed by atoms with Gasteiger partial charge in [-0.05, 0) is 12.3 Å². The molecule has 8 heteroatoms. The summed E-state index contributed by atoms with van der Waals surface area (Å²) in [5.41, 5.74) is 0.467. The van der Waals surface area contributed by atoms with Crippen LogP contribution in [0.15, 0.2) is 10.2 Å². The first-order chi connectivity index (χ1) is 9.02. The zero-order chi connectivity index (χ0) is 14.0. The smallest absolute Gasteiger partial charge is 0.285 e. The Morgan fingerprint density at radius 1 is 1.58 bits per heavy atom. The van der Waals surface area contributed by atoms with E-state index in [0.717, 1.165) is 12.1 Å². The lowest BCUT2D eigenvalue weighted by molar-refractivity contribution is 0.0983. The van der Waals surface area contributed by atoms with Crippen molar-refractivity contribution in [3.8, 4) is 0 Å². The fraction of sp³-hybridized carbons (Fsp3) is 0.455. The largest absolute Gasteiger partial charge is 0.341 e. The average molecular weight is 281 g/mol. The molecule has 2 aromatic rings. The lowest BCUT2D eigenvalue weighted by Crippen LogP contribution is -2.27. The van der Waals surface area contributed by atoms with Crippen LogP contribution >= 0.6 is 11.3 Å². The Morgan fingerprint density at radius 2 is 2.32 bits per heavy atom. The fourth-order valence-corrected chi connectivity index (χ4v) is 2.39. The standard InChI is InChI=1S/C11H15N5O2S/c1-4-6(2)7-5-19-11(12-7)16(3)9(17)8-13-10(18)15-14-8/h5-6H,4H2,1-3H3,(H2,13,14,15,18)/t6-/m0/s1. The van der Waals surface area contributed by atoms with Crippen LogP contribution in [0.2, 0.25) is 0 Å². The quantitative estimate of drug-likeness (QED) is 0.884. The molecular formula is C11H15N5O2S. The van der Waals surface area contributed by atoms with Crippen LogP contribution < -0.4 is 10.6 Å². The third-order valence-corrected chi connectivity index (χ3v) is 3.86. The van der Waals surface area contributed by atoms with Crippen LogP contribution in [-0.2, 0) is 0 Å². The number of rotatable bonds is 4. The summed E-state index contributed by atoms with van der Waals surface area (Å²) in [5, 5.41) is 8.31. The van der Waals surface area contributed by atoms with Gasteiger partial charge in [-0.1, -0.05) is 13.8 Å². The predicted molar refractivity (Wildman–Crippen MR) is 72.8 cm³/mol. The van der Waals surface area contributed by atoms with Gasteiger partial charge in [-0.15, -0.1) is 16.4 Å². The molecule has 0 spiro atoms. The Morgan fingerprint density at radius 3 is 2.89 bits per heavy atom. The second kappa shape index (κ2) is 5.35. The molecular weight excluding hydrogens is 266 g/mol. The summed E-state index contributed by atoms with van der Waals surface area (Å²) in [6, 6.07) is 0. The van der Waals surface area contributed by atoms with Crippen molar-refractivity contribution in [3.05, 3.63) is 27.4 Å². The molecule has 1 atom stereocenters. The van der Waals surface area contributed by atoms with Crippen LogP contribution in [0.5, 0.6) is 0 Å². The Hall–Kier alpha value is -1.96. The second-order valence-electron chi connectivity index (χ2n) is 4.25. The number of aromatic nitrogens is 4. The maximum atomic E-state index is 12.0. The molecule has 2 N–H and O–H groups in total. The van der Waals surface area contributed by atoms with Crippen molar-refractivity contribution in [2.75, 3.05) is 11.9 Å². The molecule has 19 heavy (non-hydrogen) atoms. The summed E-state index contributed by atoms with van der Waals surface area (Å²) in [6.45, 7) is 4.18. The molecule has 0 unspecified atom stereocenters. The number of nitrogens with one attached hydrogen (secondary N) is 2. The molecule has 7 nitrogen and oxygen atoms in total. The van der Waals surface area contributed by atoms with E-state index in [1.807, 2.05) is 5.38 Å². The maximum absolute atomic E-state index is 12.0. The molecule has 0 bridgehead atoms. The molecule has 0 fully saturated rings. The van der Waals surface area contributed by atoms with Crippen molar-refractivity contribution in [1.82, 2.24) is 20.2 Å². The van der Waals surface area contributed by atoms with Gasteiger partial charge in [0.15, 0.2) is 5.13 Å². The molecule has 0 aliphatic rings. The topological polar surface area (TPSA) is 94.7 Å². The summed E-state index contributed by atoms with van der Waals surface area (Å²) < 4.78 is 0. The van der Waals surface area contributed by atoms with Crippen LogP contribution in [0.1, 0.15) is 42.5 Å². The molecule has 0 aliphatic heterocycles. The first-order valence-corrected chi connectivity index (χ1v) is 6.79. The molecule has 2 aromatic heterocycles. The molecule has 0 aliphatic carbocycles. The number of carbonyl (C=O) groups is 1. The first kappa shape index (κ1) is 13.5. The van der Waals surface area contributed by atoms with Crippen molar-refractivity contribution in [1.29, 1.82) is 0 Å². The molecule has 0 saturated heterocycles. The number of hydrogen-bond acceptors (Lipinski definition) is 5. The molecule has 2 heterocycles. The van der Waals surface area contributed by atoms with Gasteiger partial charge >= 0.3 is 5.69 Å². The van der Waals surface area contributed by atoms with E-state index in [-0.39, 0.29) is 5.82 Å². The van der Waals surface area contributed by atoms with Gasteiger partial charge in [0.2, 0.25) is 5.82 Å². The Bertz CT molecular complexity index is 629. The van der Waals surface area contributed by atoms with E-state index in [4.69, 9.17) is 0 Å². The van der Waals surface area contributed by atoms with Crippen LogP contribution in [0.4, 0.5) is 5.13 Å². The second-order valence-corrected chi connectivity index (χ2v) is 5.09. The van der Waals surface area contributed by atoms with E-state index in [1.165, 1.54) is 16.2 Å². The summed E-state index contributed by atoms with van der Waals surface area (Å²) in [5.74, 6) is -0.0603. The maximum Gasteiger partial charge on any atom is 0.341 e. The molecule has 2 rings (SSSR count).